The second kappa shape index (κ2) is 10.1. The lowest BCUT2D eigenvalue weighted by Gasteiger charge is -2.13. The van der Waals surface area contributed by atoms with Gasteiger partial charge in [-0.15, -0.1) is 0 Å². The van der Waals surface area contributed by atoms with E-state index in [1.165, 1.54) is 23.4 Å². The second-order valence-corrected chi connectivity index (χ2v) is 8.50. The molecule has 0 aliphatic rings. The summed E-state index contributed by atoms with van der Waals surface area (Å²) in [7, 11) is 0. The summed E-state index contributed by atoms with van der Waals surface area (Å²) in [6, 6.07) is 18.5. The Balaban J connectivity index is 1.61. The van der Waals surface area contributed by atoms with Gasteiger partial charge in [0, 0.05) is 11.8 Å². The number of carbonyl (C=O) groups excluding carboxylic acids is 1. The predicted octanol–water partition coefficient (Wildman–Crippen LogP) is 4.59. The zero-order valence-corrected chi connectivity index (χ0v) is 18.0. The standard InChI is InChI=1S/C23H25N3O3S/c1-15(2)17-9-11-18(12-10-17)24-22(28)16(3)30-23-25-19(13-21(27)26-23)14-29-20-7-5-4-6-8-20/h4-13,15-16H,14H2,1-3H3,(H,24,28)(H,25,26,27). The maximum absolute atomic E-state index is 12.5. The van der Waals surface area contributed by atoms with Crippen molar-refractivity contribution in [2.75, 3.05) is 5.32 Å². The van der Waals surface area contributed by atoms with Gasteiger partial charge in [-0.2, -0.15) is 0 Å². The molecule has 7 heteroatoms. The summed E-state index contributed by atoms with van der Waals surface area (Å²) in [6.07, 6.45) is 0. The van der Waals surface area contributed by atoms with Gasteiger partial charge in [0.15, 0.2) is 5.16 Å². The molecule has 0 bridgehead atoms. The fraction of sp³-hybridized carbons (Fsp3) is 0.261. The number of amides is 1. The number of hydrogen-bond acceptors (Lipinski definition) is 5. The molecule has 156 valence electrons. The molecule has 1 aromatic heterocycles. The first-order valence-electron chi connectivity index (χ1n) is 9.76. The van der Waals surface area contributed by atoms with E-state index in [1.807, 2.05) is 54.6 Å². The predicted molar refractivity (Wildman–Crippen MR) is 120 cm³/mol. The fourth-order valence-corrected chi connectivity index (χ4v) is 3.53. The van der Waals surface area contributed by atoms with Crippen LogP contribution in [0.1, 0.15) is 37.9 Å². The van der Waals surface area contributed by atoms with Crippen LogP contribution in [0.15, 0.2) is 70.6 Å². The first kappa shape index (κ1) is 21.6. The number of para-hydroxylation sites is 1. The summed E-state index contributed by atoms with van der Waals surface area (Å²) in [4.78, 5) is 31.6. The molecule has 1 atom stereocenters. The minimum atomic E-state index is -0.441. The Morgan fingerprint density at radius 1 is 1.10 bits per heavy atom. The van der Waals surface area contributed by atoms with E-state index >= 15 is 0 Å². The quantitative estimate of drug-likeness (QED) is 0.409. The van der Waals surface area contributed by atoms with Crippen LogP contribution in [0.2, 0.25) is 0 Å². The molecular weight excluding hydrogens is 398 g/mol. The van der Waals surface area contributed by atoms with Crippen LogP contribution in [0.4, 0.5) is 5.69 Å². The molecule has 6 nitrogen and oxygen atoms in total. The van der Waals surface area contributed by atoms with Gasteiger partial charge in [0.25, 0.3) is 5.56 Å². The Hall–Kier alpha value is -3.06. The van der Waals surface area contributed by atoms with Gasteiger partial charge in [0.05, 0.1) is 10.9 Å². The van der Waals surface area contributed by atoms with Crippen LogP contribution >= 0.6 is 11.8 Å². The average molecular weight is 424 g/mol. The van der Waals surface area contributed by atoms with Crippen molar-refractivity contribution in [3.8, 4) is 5.75 Å². The average Bonchev–Trinajstić information content (AvgIpc) is 2.73. The minimum absolute atomic E-state index is 0.161. The van der Waals surface area contributed by atoms with Crippen molar-refractivity contribution < 1.29 is 9.53 Å². The van der Waals surface area contributed by atoms with Crippen molar-refractivity contribution in [1.82, 2.24) is 9.97 Å². The molecule has 30 heavy (non-hydrogen) atoms. The monoisotopic (exact) mass is 423 g/mol. The number of nitrogens with zero attached hydrogens (tertiary/aromatic N) is 1. The molecule has 1 unspecified atom stereocenters. The third-order valence-corrected chi connectivity index (χ3v) is 5.39. The fourth-order valence-electron chi connectivity index (χ4n) is 2.70. The molecule has 0 radical (unpaired) electrons. The molecule has 0 saturated heterocycles. The lowest BCUT2D eigenvalue weighted by molar-refractivity contribution is -0.115. The molecule has 0 spiro atoms. The maximum atomic E-state index is 12.5. The maximum Gasteiger partial charge on any atom is 0.251 e. The number of hydrogen-bond donors (Lipinski definition) is 2. The highest BCUT2D eigenvalue weighted by Gasteiger charge is 2.17. The van der Waals surface area contributed by atoms with Crippen molar-refractivity contribution in [3.05, 3.63) is 82.3 Å². The summed E-state index contributed by atoms with van der Waals surface area (Å²) in [5.41, 5.74) is 2.17. The lowest BCUT2D eigenvalue weighted by atomic mass is 10.0. The van der Waals surface area contributed by atoms with E-state index in [1.54, 1.807) is 6.92 Å². The first-order valence-corrected chi connectivity index (χ1v) is 10.6. The van der Waals surface area contributed by atoms with Crippen LogP contribution in [0.25, 0.3) is 0 Å². The van der Waals surface area contributed by atoms with Gasteiger partial charge in [0.2, 0.25) is 5.91 Å². The van der Waals surface area contributed by atoms with E-state index in [0.29, 0.717) is 22.5 Å². The van der Waals surface area contributed by atoms with Crippen molar-refractivity contribution in [1.29, 1.82) is 0 Å². The number of nitrogens with one attached hydrogen (secondary N) is 2. The summed E-state index contributed by atoms with van der Waals surface area (Å²) in [6.45, 7) is 6.19. The molecule has 0 fully saturated rings. The molecule has 0 saturated carbocycles. The van der Waals surface area contributed by atoms with Crippen LogP contribution in [0.5, 0.6) is 5.75 Å². The first-order chi connectivity index (χ1) is 14.4. The third-order valence-electron chi connectivity index (χ3n) is 4.41. The van der Waals surface area contributed by atoms with Gasteiger partial charge in [-0.05, 0) is 42.7 Å². The number of thioether (sulfide) groups is 1. The van der Waals surface area contributed by atoms with Gasteiger partial charge in [-0.3, -0.25) is 9.59 Å². The number of aromatic nitrogens is 2. The molecule has 0 aliphatic carbocycles. The SMILES string of the molecule is CC(Sc1nc(COc2ccccc2)cc(=O)[nH]1)C(=O)Nc1ccc(C(C)C)cc1. The Bertz CT molecular complexity index is 1030. The summed E-state index contributed by atoms with van der Waals surface area (Å²) >= 11 is 1.19. The van der Waals surface area contributed by atoms with Crippen LogP contribution in [-0.2, 0) is 11.4 Å². The number of anilines is 1. The number of rotatable bonds is 8. The third kappa shape index (κ3) is 6.22. The molecule has 1 heterocycles. The van der Waals surface area contributed by atoms with Crippen molar-refractivity contribution in [3.63, 3.8) is 0 Å². The van der Waals surface area contributed by atoms with E-state index in [4.69, 9.17) is 4.74 Å². The van der Waals surface area contributed by atoms with Gasteiger partial charge >= 0.3 is 0 Å². The molecule has 0 aliphatic heterocycles. The van der Waals surface area contributed by atoms with Crippen molar-refractivity contribution in [2.45, 2.75) is 43.7 Å². The summed E-state index contributed by atoms with van der Waals surface area (Å²) < 4.78 is 5.66. The molecular formula is C23H25N3O3S. The highest BCUT2D eigenvalue weighted by atomic mass is 32.2. The topological polar surface area (TPSA) is 84.1 Å². The largest absolute Gasteiger partial charge is 0.487 e. The second-order valence-electron chi connectivity index (χ2n) is 7.17. The normalized spacial score (nSPS) is 11.9. The summed E-state index contributed by atoms with van der Waals surface area (Å²) in [5, 5.41) is 2.84. The molecule has 2 aromatic carbocycles. The van der Waals surface area contributed by atoms with E-state index in [-0.39, 0.29) is 18.1 Å². The number of ether oxygens (including phenoxy) is 1. The van der Waals surface area contributed by atoms with Crippen LogP contribution < -0.4 is 15.6 Å². The number of carbonyl (C=O) groups is 1. The number of benzene rings is 2. The Morgan fingerprint density at radius 2 is 1.80 bits per heavy atom. The van der Waals surface area contributed by atoms with E-state index < -0.39 is 5.25 Å². The Labute approximate surface area is 180 Å². The zero-order valence-electron chi connectivity index (χ0n) is 17.2. The van der Waals surface area contributed by atoms with Crippen LogP contribution in [-0.4, -0.2) is 21.1 Å². The minimum Gasteiger partial charge on any atom is -0.487 e. The Morgan fingerprint density at radius 3 is 2.47 bits per heavy atom. The highest BCUT2D eigenvalue weighted by Crippen LogP contribution is 2.22. The lowest BCUT2D eigenvalue weighted by Crippen LogP contribution is -2.23. The smallest absolute Gasteiger partial charge is 0.251 e. The highest BCUT2D eigenvalue weighted by molar-refractivity contribution is 8.00. The van der Waals surface area contributed by atoms with Crippen LogP contribution in [0, 0.1) is 0 Å². The Kier molecular flexibility index (Phi) is 7.30. The molecule has 3 aromatic rings. The molecule has 3 rings (SSSR count). The number of H-pyrrole nitrogens is 1. The zero-order chi connectivity index (χ0) is 21.5. The van der Waals surface area contributed by atoms with Gasteiger partial charge in [-0.25, -0.2) is 4.98 Å². The van der Waals surface area contributed by atoms with Crippen molar-refractivity contribution >= 4 is 23.4 Å². The van der Waals surface area contributed by atoms with E-state index in [9.17, 15) is 9.59 Å². The van der Waals surface area contributed by atoms with Gasteiger partial charge in [0.1, 0.15) is 12.4 Å². The van der Waals surface area contributed by atoms with E-state index in [0.717, 1.165) is 5.69 Å². The van der Waals surface area contributed by atoms with Gasteiger partial charge < -0.3 is 15.0 Å². The molecule has 1 amide bonds. The van der Waals surface area contributed by atoms with Gasteiger partial charge in [-0.1, -0.05) is 55.9 Å². The summed E-state index contributed by atoms with van der Waals surface area (Å²) in [5.74, 6) is 0.973. The molecule has 2 N–H and O–H groups in total. The van der Waals surface area contributed by atoms with Crippen LogP contribution in [0.3, 0.4) is 0 Å². The van der Waals surface area contributed by atoms with E-state index in [2.05, 4.69) is 29.1 Å². The van der Waals surface area contributed by atoms with Crippen molar-refractivity contribution in [2.24, 2.45) is 0 Å². The number of aromatic amines is 1.